The Hall–Kier alpha value is -3.28. The molecule has 0 unspecified atom stereocenters. The highest BCUT2D eigenvalue weighted by atomic mass is 16.6. The smallest absolute Gasteiger partial charge is 0.410 e. The number of fused-ring (bicyclic) bond motifs is 1. The van der Waals surface area contributed by atoms with Gasteiger partial charge in [-0.3, -0.25) is 0 Å². The van der Waals surface area contributed by atoms with E-state index in [2.05, 4.69) is 16.8 Å². The lowest BCUT2D eigenvalue weighted by Gasteiger charge is -2.32. The second-order valence-electron chi connectivity index (χ2n) is 7.25. The third-order valence-electron chi connectivity index (χ3n) is 5.47. The zero-order chi connectivity index (χ0) is 22.2. The van der Waals surface area contributed by atoms with Gasteiger partial charge in [-0.1, -0.05) is 50.2 Å². The van der Waals surface area contributed by atoms with Crippen molar-refractivity contribution < 1.29 is 19.1 Å². The number of amides is 1. The molecule has 6 heteroatoms. The van der Waals surface area contributed by atoms with Crippen LogP contribution in [0.4, 0.5) is 4.79 Å². The van der Waals surface area contributed by atoms with Crippen LogP contribution in [0.15, 0.2) is 60.8 Å². The van der Waals surface area contributed by atoms with E-state index in [9.17, 15) is 9.59 Å². The van der Waals surface area contributed by atoms with E-state index >= 15 is 0 Å². The minimum absolute atomic E-state index is 0.266. The third kappa shape index (κ3) is 5.26. The standard InChI is InChI=1S/C23H24N2O4.C2H6/c1-28-22(26)19-8-7-18-9-14-25(21(18)15-19)20-10-12-24(13-11-20)23(27)29-16-17-5-3-2-4-6-17;1-2/h2-9,14-15,20H,10-13,16H2,1H3;1-2H3. The maximum atomic E-state index is 12.4. The number of rotatable bonds is 4. The Bertz CT molecular complexity index is 1000. The second kappa shape index (κ2) is 10.7. The first-order valence-electron chi connectivity index (χ1n) is 10.8. The van der Waals surface area contributed by atoms with Crippen LogP contribution in [0.25, 0.3) is 10.9 Å². The molecule has 1 aromatic heterocycles. The third-order valence-corrected chi connectivity index (χ3v) is 5.47. The summed E-state index contributed by atoms with van der Waals surface area (Å²) in [5.41, 5.74) is 2.54. The van der Waals surface area contributed by atoms with Crippen LogP contribution >= 0.6 is 0 Å². The molecule has 2 aromatic carbocycles. The fraction of sp³-hybridized carbons (Fsp3) is 0.360. The summed E-state index contributed by atoms with van der Waals surface area (Å²) in [6.45, 7) is 5.58. The van der Waals surface area contributed by atoms with Gasteiger partial charge in [-0.15, -0.1) is 0 Å². The average molecular weight is 423 g/mol. The molecule has 0 N–H and O–H groups in total. The fourth-order valence-electron chi connectivity index (χ4n) is 3.85. The lowest BCUT2D eigenvalue weighted by molar-refractivity contribution is 0.0600. The molecule has 1 saturated heterocycles. The lowest BCUT2D eigenvalue weighted by Crippen LogP contribution is -2.39. The second-order valence-corrected chi connectivity index (χ2v) is 7.25. The van der Waals surface area contributed by atoms with Crippen molar-refractivity contribution in [2.45, 2.75) is 39.3 Å². The molecule has 164 valence electrons. The summed E-state index contributed by atoms with van der Waals surface area (Å²) >= 11 is 0. The van der Waals surface area contributed by atoms with Crippen molar-refractivity contribution in [1.29, 1.82) is 0 Å². The Labute approximate surface area is 183 Å². The van der Waals surface area contributed by atoms with Gasteiger partial charge in [0.05, 0.1) is 12.7 Å². The molecule has 3 aromatic rings. The van der Waals surface area contributed by atoms with Gasteiger partial charge >= 0.3 is 12.1 Å². The van der Waals surface area contributed by atoms with Crippen LogP contribution in [0.2, 0.25) is 0 Å². The van der Waals surface area contributed by atoms with E-state index in [1.807, 2.05) is 56.3 Å². The van der Waals surface area contributed by atoms with Gasteiger partial charge in [-0.2, -0.15) is 0 Å². The quantitative estimate of drug-likeness (QED) is 0.526. The van der Waals surface area contributed by atoms with Crippen molar-refractivity contribution in [1.82, 2.24) is 9.47 Å². The van der Waals surface area contributed by atoms with Crippen LogP contribution < -0.4 is 0 Å². The minimum atomic E-state index is -0.337. The Morgan fingerprint density at radius 1 is 1.00 bits per heavy atom. The average Bonchev–Trinajstić information content (AvgIpc) is 3.27. The summed E-state index contributed by atoms with van der Waals surface area (Å²) in [6.07, 6.45) is 3.47. The van der Waals surface area contributed by atoms with Crippen LogP contribution in [0.5, 0.6) is 0 Å². The number of piperidine rings is 1. The molecular formula is C25H30N2O4. The first kappa shape index (κ1) is 22.4. The molecular weight excluding hydrogens is 392 g/mol. The van der Waals surface area contributed by atoms with Crippen LogP contribution in [0, 0.1) is 0 Å². The van der Waals surface area contributed by atoms with Gasteiger partial charge in [-0.05, 0) is 42.0 Å². The monoisotopic (exact) mass is 422 g/mol. The Morgan fingerprint density at radius 3 is 2.39 bits per heavy atom. The highest BCUT2D eigenvalue weighted by Gasteiger charge is 2.25. The van der Waals surface area contributed by atoms with Gasteiger partial charge in [0, 0.05) is 30.8 Å². The van der Waals surface area contributed by atoms with Crippen LogP contribution in [-0.4, -0.2) is 41.7 Å². The number of nitrogens with zero attached hydrogens (tertiary/aromatic N) is 2. The van der Waals surface area contributed by atoms with Crippen molar-refractivity contribution in [3.8, 4) is 0 Å². The molecule has 0 radical (unpaired) electrons. The molecule has 0 atom stereocenters. The van der Waals surface area contributed by atoms with E-state index in [0.29, 0.717) is 18.7 Å². The molecule has 0 bridgehead atoms. The SMILES string of the molecule is CC.COC(=O)c1ccc2ccn(C3CCN(C(=O)OCc4ccccc4)CC3)c2c1. The van der Waals surface area contributed by atoms with Crippen LogP contribution in [0.1, 0.15) is 48.7 Å². The van der Waals surface area contributed by atoms with E-state index in [0.717, 1.165) is 29.3 Å². The van der Waals surface area contributed by atoms with E-state index in [-0.39, 0.29) is 24.7 Å². The largest absolute Gasteiger partial charge is 0.465 e. The van der Waals surface area contributed by atoms with Gasteiger partial charge in [-0.25, -0.2) is 9.59 Å². The van der Waals surface area contributed by atoms with Gasteiger partial charge < -0.3 is 18.9 Å². The zero-order valence-corrected chi connectivity index (χ0v) is 18.4. The normalized spacial score (nSPS) is 14.0. The molecule has 2 heterocycles. The highest BCUT2D eigenvalue weighted by molar-refractivity contribution is 5.94. The lowest BCUT2D eigenvalue weighted by atomic mass is 10.0. The predicted molar refractivity (Wildman–Crippen MR) is 121 cm³/mol. The number of ether oxygens (including phenoxy) is 2. The number of likely N-dealkylation sites (tertiary alicyclic amines) is 1. The van der Waals surface area contributed by atoms with E-state index < -0.39 is 0 Å². The van der Waals surface area contributed by atoms with E-state index in [1.54, 1.807) is 11.0 Å². The van der Waals surface area contributed by atoms with Gasteiger partial charge in [0.15, 0.2) is 0 Å². The summed E-state index contributed by atoms with van der Waals surface area (Å²) < 4.78 is 12.5. The molecule has 4 rings (SSSR count). The molecule has 6 nitrogen and oxygen atoms in total. The number of hydrogen-bond acceptors (Lipinski definition) is 4. The van der Waals surface area contributed by atoms with Crippen molar-refractivity contribution in [3.63, 3.8) is 0 Å². The number of hydrogen-bond donors (Lipinski definition) is 0. The number of esters is 1. The summed E-state index contributed by atoms with van der Waals surface area (Å²) in [5, 5.41) is 1.09. The maximum absolute atomic E-state index is 12.4. The molecule has 0 spiro atoms. The number of benzene rings is 2. The Kier molecular flexibility index (Phi) is 7.70. The van der Waals surface area contributed by atoms with Crippen molar-refractivity contribution in [3.05, 3.63) is 71.9 Å². The first-order valence-corrected chi connectivity index (χ1v) is 10.8. The number of carbonyl (C=O) groups is 2. The van der Waals surface area contributed by atoms with Crippen molar-refractivity contribution in [2.24, 2.45) is 0 Å². The van der Waals surface area contributed by atoms with Crippen molar-refractivity contribution in [2.75, 3.05) is 20.2 Å². The maximum Gasteiger partial charge on any atom is 0.410 e. The molecule has 1 amide bonds. The molecule has 1 aliphatic rings. The molecule has 1 fully saturated rings. The summed E-state index contributed by atoms with van der Waals surface area (Å²) in [7, 11) is 1.39. The molecule has 31 heavy (non-hydrogen) atoms. The summed E-state index contributed by atoms with van der Waals surface area (Å²) in [6, 6.07) is 17.6. The highest BCUT2D eigenvalue weighted by Crippen LogP contribution is 2.29. The summed E-state index contributed by atoms with van der Waals surface area (Å²) in [5.74, 6) is -0.337. The van der Waals surface area contributed by atoms with Crippen LogP contribution in [0.3, 0.4) is 0 Å². The van der Waals surface area contributed by atoms with E-state index in [1.165, 1.54) is 7.11 Å². The molecule has 0 aliphatic carbocycles. The fourth-order valence-corrected chi connectivity index (χ4v) is 3.85. The first-order chi connectivity index (χ1) is 15.2. The molecule has 1 aliphatic heterocycles. The number of aromatic nitrogens is 1. The number of carbonyl (C=O) groups excluding carboxylic acids is 2. The van der Waals surface area contributed by atoms with Crippen LogP contribution in [-0.2, 0) is 16.1 Å². The minimum Gasteiger partial charge on any atom is -0.465 e. The molecule has 0 saturated carbocycles. The Morgan fingerprint density at radius 2 is 1.71 bits per heavy atom. The topological polar surface area (TPSA) is 60.8 Å². The Balaban J connectivity index is 0.00000132. The zero-order valence-electron chi connectivity index (χ0n) is 18.4. The summed E-state index contributed by atoms with van der Waals surface area (Å²) in [4.78, 5) is 26.0. The van der Waals surface area contributed by atoms with E-state index in [4.69, 9.17) is 9.47 Å². The van der Waals surface area contributed by atoms with Crippen molar-refractivity contribution >= 4 is 23.0 Å². The number of methoxy groups -OCH3 is 1. The van der Waals surface area contributed by atoms with Gasteiger partial charge in [0.2, 0.25) is 0 Å². The predicted octanol–water partition coefficient (Wildman–Crippen LogP) is 5.43. The van der Waals surface area contributed by atoms with Gasteiger partial charge in [0.1, 0.15) is 6.61 Å². The van der Waals surface area contributed by atoms with Gasteiger partial charge in [0.25, 0.3) is 0 Å².